The maximum absolute atomic E-state index is 12.6. The van der Waals surface area contributed by atoms with Gasteiger partial charge in [-0.25, -0.2) is 4.98 Å². The molecule has 1 aromatic carbocycles. The fourth-order valence-electron chi connectivity index (χ4n) is 3.51. The highest BCUT2D eigenvalue weighted by Gasteiger charge is 2.42. The Kier molecular flexibility index (Phi) is 4.23. The minimum absolute atomic E-state index is 0.0687. The van der Waals surface area contributed by atoms with Crippen molar-refractivity contribution in [2.45, 2.75) is 18.7 Å². The standard InChI is InChI=1S/C18H20N4O2/c23-18(15-10-19-6-7-20-15)22-12-16-17(13-22)24-9-8-21(16)11-14-4-2-1-3-5-14/h1-7,10,16-17H,8-9,11-13H2/t16-,17+/m0/s1. The van der Waals surface area contributed by atoms with Crippen molar-refractivity contribution in [2.24, 2.45) is 0 Å². The number of carbonyl (C=O) groups excluding carboxylic acids is 1. The maximum atomic E-state index is 12.6. The molecule has 3 heterocycles. The normalized spacial score (nSPS) is 23.9. The second-order valence-corrected chi connectivity index (χ2v) is 6.23. The number of rotatable bonds is 3. The highest BCUT2D eigenvalue weighted by atomic mass is 16.5. The Bertz CT molecular complexity index is 695. The van der Waals surface area contributed by atoms with Crippen LogP contribution in [-0.4, -0.2) is 64.1 Å². The van der Waals surface area contributed by atoms with Crippen LogP contribution in [0.1, 0.15) is 16.1 Å². The molecule has 0 N–H and O–H groups in total. The molecular weight excluding hydrogens is 304 g/mol. The van der Waals surface area contributed by atoms with Gasteiger partial charge in [0.1, 0.15) is 5.69 Å². The van der Waals surface area contributed by atoms with Gasteiger partial charge in [-0.15, -0.1) is 0 Å². The van der Waals surface area contributed by atoms with Crippen LogP contribution >= 0.6 is 0 Å². The summed E-state index contributed by atoms with van der Waals surface area (Å²) in [5, 5.41) is 0. The number of morpholine rings is 1. The van der Waals surface area contributed by atoms with Gasteiger partial charge in [-0.2, -0.15) is 0 Å². The fraction of sp³-hybridized carbons (Fsp3) is 0.389. The van der Waals surface area contributed by atoms with Crippen molar-refractivity contribution in [2.75, 3.05) is 26.2 Å². The van der Waals surface area contributed by atoms with Gasteiger partial charge < -0.3 is 9.64 Å². The lowest BCUT2D eigenvalue weighted by Gasteiger charge is -2.36. The van der Waals surface area contributed by atoms with Crippen LogP contribution in [0, 0.1) is 0 Å². The number of fused-ring (bicyclic) bond motifs is 1. The van der Waals surface area contributed by atoms with Crippen molar-refractivity contribution in [3.8, 4) is 0 Å². The van der Waals surface area contributed by atoms with Crippen LogP contribution in [-0.2, 0) is 11.3 Å². The van der Waals surface area contributed by atoms with Gasteiger partial charge in [-0.1, -0.05) is 30.3 Å². The monoisotopic (exact) mass is 324 g/mol. The lowest BCUT2D eigenvalue weighted by molar-refractivity contribution is -0.0503. The molecular formula is C18H20N4O2. The van der Waals surface area contributed by atoms with Crippen molar-refractivity contribution in [3.05, 3.63) is 60.2 Å². The zero-order valence-electron chi connectivity index (χ0n) is 13.4. The summed E-state index contributed by atoms with van der Waals surface area (Å²) in [6.07, 6.45) is 4.72. The topological polar surface area (TPSA) is 58.6 Å². The van der Waals surface area contributed by atoms with Gasteiger partial charge in [0.25, 0.3) is 5.91 Å². The molecule has 2 atom stereocenters. The number of ether oxygens (including phenoxy) is 1. The number of nitrogens with zero attached hydrogens (tertiary/aromatic N) is 4. The molecule has 0 saturated carbocycles. The molecule has 0 bridgehead atoms. The minimum atomic E-state index is -0.0687. The molecule has 2 aromatic rings. The van der Waals surface area contributed by atoms with Crippen LogP contribution in [0.4, 0.5) is 0 Å². The first kappa shape index (κ1) is 15.2. The largest absolute Gasteiger partial charge is 0.373 e. The smallest absolute Gasteiger partial charge is 0.274 e. The third kappa shape index (κ3) is 3.02. The van der Waals surface area contributed by atoms with Gasteiger partial charge in [0.05, 0.1) is 24.9 Å². The highest BCUT2D eigenvalue weighted by Crippen LogP contribution is 2.25. The molecule has 0 spiro atoms. The predicted molar refractivity (Wildman–Crippen MR) is 88.3 cm³/mol. The van der Waals surface area contributed by atoms with E-state index in [-0.39, 0.29) is 18.1 Å². The summed E-state index contributed by atoms with van der Waals surface area (Å²) in [6, 6.07) is 10.7. The van der Waals surface area contributed by atoms with E-state index < -0.39 is 0 Å². The second-order valence-electron chi connectivity index (χ2n) is 6.23. The fourth-order valence-corrected chi connectivity index (χ4v) is 3.51. The molecule has 2 aliphatic heterocycles. The van der Waals surface area contributed by atoms with Gasteiger partial charge in [-0.3, -0.25) is 14.7 Å². The van der Waals surface area contributed by atoms with E-state index in [4.69, 9.17) is 4.74 Å². The number of likely N-dealkylation sites (tertiary alicyclic amines) is 1. The minimum Gasteiger partial charge on any atom is -0.373 e. The lowest BCUT2D eigenvalue weighted by Crippen LogP contribution is -2.50. The Morgan fingerprint density at radius 1 is 1.21 bits per heavy atom. The number of aromatic nitrogens is 2. The summed E-state index contributed by atoms with van der Waals surface area (Å²) in [7, 11) is 0. The van der Waals surface area contributed by atoms with E-state index in [9.17, 15) is 4.79 Å². The van der Waals surface area contributed by atoms with Crippen molar-refractivity contribution in [1.82, 2.24) is 19.8 Å². The molecule has 0 radical (unpaired) electrons. The molecule has 1 aromatic heterocycles. The first-order valence-corrected chi connectivity index (χ1v) is 8.26. The number of amides is 1. The van der Waals surface area contributed by atoms with Crippen molar-refractivity contribution in [1.29, 1.82) is 0 Å². The second kappa shape index (κ2) is 6.67. The SMILES string of the molecule is O=C(c1cnccn1)N1C[C@H]2OCCN(Cc3ccccc3)[C@H]2C1. The lowest BCUT2D eigenvalue weighted by atomic mass is 10.1. The molecule has 2 fully saturated rings. The molecule has 0 unspecified atom stereocenters. The van der Waals surface area contributed by atoms with Crippen molar-refractivity contribution < 1.29 is 9.53 Å². The third-order valence-corrected chi connectivity index (χ3v) is 4.71. The van der Waals surface area contributed by atoms with E-state index in [1.165, 1.54) is 11.8 Å². The Morgan fingerprint density at radius 3 is 2.88 bits per heavy atom. The average Bonchev–Trinajstić information content (AvgIpc) is 3.08. The van der Waals surface area contributed by atoms with E-state index in [1.807, 2.05) is 11.0 Å². The van der Waals surface area contributed by atoms with Crippen LogP contribution in [0.25, 0.3) is 0 Å². The summed E-state index contributed by atoms with van der Waals surface area (Å²) in [5.74, 6) is -0.0687. The zero-order chi connectivity index (χ0) is 16.4. The Hall–Kier alpha value is -2.31. The van der Waals surface area contributed by atoms with Crippen LogP contribution in [0.5, 0.6) is 0 Å². The van der Waals surface area contributed by atoms with Crippen LogP contribution < -0.4 is 0 Å². The zero-order valence-corrected chi connectivity index (χ0v) is 13.4. The van der Waals surface area contributed by atoms with Gasteiger partial charge in [0, 0.05) is 38.6 Å². The van der Waals surface area contributed by atoms with E-state index in [0.29, 0.717) is 25.4 Å². The van der Waals surface area contributed by atoms with E-state index in [1.54, 1.807) is 12.4 Å². The molecule has 6 nitrogen and oxygen atoms in total. The first-order chi connectivity index (χ1) is 11.8. The van der Waals surface area contributed by atoms with Gasteiger partial charge in [-0.05, 0) is 5.56 Å². The molecule has 2 saturated heterocycles. The van der Waals surface area contributed by atoms with E-state index in [2.05, 4.69) is 39.1 Å². The van der Waals surface area contributed by atoms with Gasteiger partial charge in [0.2, 0.25) is 0 Å². The predicted octanol–water partition coefficient (Wildman–Crippen LogP) is 1.20. The number of benzene rings is 1. The number of carbonyl (C=O) groups is 1. The molecule has 2 aliphatic rings. The highest BCUT2D eigenvalue weighted by molar-refractivity contribution is 5.92. The van der Waals surface area contributed by atoms with Crippen molar-refractivity contribution >= 4 is 5.91 Å². The van der Waals surface area contributed by atoms with E-state index in [0.717, 1.165) is 13.1 Å². The average molecular weight is 324 g/mol. The summed E-state index contributed by atoms with van der Waals surface area (Å²) < 4.78 is 5.91. The summed E-state index contributed by atoms with van der Waals surface area (Å²) in [5.41, 5.74) is 1.68. The molecule has 6 heteroatoms. The molecule has 24 heavy (non-hydrogen) atoms. The first-order valence-electron chi connectivity index (χ1n) is 8.26. The molecule has 1 amide bonds. The Labute approximate surface area is 141 Å². The molecule has 0 aliphatic carbocycles. The van der Waals surface area contributed by atoms with Gasteiger partial charge in [0.15, 0.2) is 0 Å². The van der Waals surface area contributed by atoms with Crippen LogP contribution in [0.15, 0.2) is 48.9 Å². The number of hydrogen-bond donors (Lipinski definition) is 0. The van der Waals surface area contributed by atoms with Crippen LogP contribution in [0.3, 0.4) is 0 Å². The summed E-state index contributed by atoms with van der Waals surface area (Å²) in [6.45, 7) is 3.78. The third-order valence-electron chi connectivity index (χ3n) is 4.71. The number of hydrogen-bond acceptors (Lipinski definition) is 5. The molecule has 4 rings (SSSR count). The van der Waals surface area contributed by atoms with E-state index >= 15 is 0 Å². The van der Waals surface area contributed by atoms with Crippen molar-refractivity contribution in [3.63, 3.8) is 0 Å². The molecule has 124 valence electrons. The summed E-state index contributed by atoms with van der Waals surface area (Å²) >= 11 is 0. The van der Waals surface area contributed by atoms with Gasteiger partial charge >= 0.3 is 0 Å². The Morgan fingerprint density at radius 2 is 2.08 bits per heavy atom. The maximum Gasteiger partial charge on any atom is 0.274 e. The summed E-state index contributed by atoms with van der Waals surface area (Å²) in [4.78, 5) is 25.0. The van der Waals surface area contributed by atoms with Crippen LogP contribution in [0.2, 0.25) is 0 Å². The quantitative estimate of drug-likeness (QED) is 0.849. The Balaban J connectivity index is 1.47.